The van der Waals surface area contributed by atoms with Gasteiger partial charge in [0.1, 0.15) is 6.61 Å². The molecule has 3 rings (SSSR count). The smallest absolute Gasteiger partial charge is 0.248 e. The van der Waals surface area contributed by atoms with Crippen LogP contribution in [0.5, 0.6) is 0 Å². The number of carbonyl (C=O) groups excluding carboxylic acids is 2. The Morgan fingerprint density at radius 3 is 2.52 bits per heavy atom. The third-order valence-corrected chi connectivity index (χ3v) is 5.18. The monoisotopic (exact) mass is 316 g/mol. The van der Waals surface area contributed by atoms with Gasteiger partial charge in [-0.3, -0.25) is 9.59 Å². The number of amides is 2. The highest BCUT2D eigenvalue weighted by Gasteiger charge is 2.47. The van der Waals surface area contributed by atoms with Crippen LogP contribution in [-0.2, 0) is 20.9 Å². The van der Waals surface area contributed by atoms with E-state index in [0.29, 0.717) is 26.1 Å². The van der Waals surface area contributed by atoms with Crippen LogP contribution in [0, 0.1) is 0 Å². The van der Waals surface area contributed by atoms with E-state index in [4.69, 9.17) is 4.74 Å². The second kappa shape index (κ2) is 6.71. The van der Waals surface area contributed by atoms with Crippen molar-refractivity contribution in [3.05, 3.63) is 35.9 Å². The highest BCUT2D eigenvalue weighted by molar-refractivity contribution is 5.80. The number of methoxy groups -OCH3 is 1. The van der Waals surface area contributed by atoms with E-state index < -0.39 is 0 Å². The summed E-state index contributed by atoms with van der Waals surface area (Å²) in [6.45, 7) is 2.23. The molecular formula is C18H24N2O3. The molecule has 0 N–H and O–H groups in total. The highest BCUT2D eigenvalue weighted by atomic mass is 16.5. The van der Waals surface area contributed by atoms with Gasteiger partial charge >= 0.3 is 0 Å². The number of rotatable bonds is 4. The third kappa shape index (κ3) is 3.24. The van der Waals surface area contributed by atoms with Gasteiger partial charge < -0.3 is 14.5 Å². The van der Waals surface area contributed by atoms with Crippen LogP contribution in [0.15, 0.2) is 30.3 Å². The molecule has 1 aromatic carbocycles. The number of piperidine rings is 1. The van der Waals surface area contributed by atoms with Crippen LogP contribution in [0.4, 0.5) is 0 Å². The van der Waals surface area contributed by atoms with Crippen LogP contribution < -0.4 is 0 Å². The minimum absolute atomic E-state index is 0.0429. The normalized spacial score (nSPS) is 20.3. The summed E-state index contributed by atoms with van der Waals surface area (Å²) in [6, 6.07) is 10.1. The Hall–Kier alpha value is -1.88. The Kier molecular flexibility index (Phi) is 4.66. The fourth-order valence-corrected chi connectivity index (χ4v) is 3.80. The van der Waals surface area contributed by atoms with Gasteiger partial charge in [-0.15, -0.1) is 0 Å². The van der Waals surface area contributed by atoms with Crippen molar-refractivity contribution in [2.75, 3.05) is 26.8 Å². The molecule has 0 aliphatic carbocycles. The minimum atomic E-state index is -0.0726. The Bertz CT molecular complexity index is 565. The predicted molar refractivity (Wildman–Crippen MR) is 86.6 cm³/mol. The Morgan fingerprint density at radius 2 is 1.87 bits per heavy atom. The Labute approximate surface area is 137 Å². The molecule has 0 radical (unpaired) electrons. The lowest BCUT2D eigenvalue weighted by molar-refractivity contribution is -0.139. The molecule has 0 aromatic heterocycles. The zero-order valence-corrected chi connectivity index (χ0v) is 13.7. The predicted octanol–water partition coefficient (Wildman–Crippen LogP) is 1.82. The summed E-state index contributed by atoms with van der Waals surface area (Å²) in [5.41, 5.74) is 1.09. The fraction of sp³-hybridized carbons (Fsp3) is 0.556. The molecule has 2 fully saturated rings. The van der Waals surface area contributed by atoms with E-state index in [1.54, 1.807) is 7.11 Å². The standard InChI is InChI=1S/C18H24N2O3/c1-23-14-17(22)19-11-9-18(10-12-19)8-7-16(21)20(18)13-15-5-3-2-4-6-15/h2-6H,7-14H2,1H3. The molecule has 0 atom stereocenters. The Balaban J connectivity index is 1.69. The maximum absolute atomic E-state index is 12.4. The van der Waals surface area contributed by atoms with E-state index in [-0.39, 0.29) is 24.0 Å². The summed E-state index contributed by atoms with van der Waals surface area (Å²) >= 11 is 0. The summed E-state index contributed by atoms with van der Waals surface area (Å²) in [5.74, 6) is 0.284. The molecule has 2 amide bonds. The Morgan fingerprint density at radius 1 is 1.17 bits per heavy atom. The van der Waals surface area contributed by atoms with E-state index in [1.165, 1.54) is 5.56 Å². The molecule has 2 saturated heterocycles. The van der Waals surface area contributed by atoms with Crippen LogP contribution in [0.3, 0.4) is 0 Å². The molecular weight excluding hydrogens is 292 g/mol. The first kappa shape index (κ1) is 16.0. The lowest BCUT2D eigenvalue weighted by Crippen LogP contribution is -2.54. The SMILES string of the molecule is COCC(=O)N1CCC2(CCC(=O)N2Cc2ccccc2)CC1. The third-order valence-electron chi connectivity index (χ3n) is 5.18. The second-order valence-corrected chi connectivity index (χ2v) is 6.50. The lowest BCUT2D eigenvalue weighted by atomic mass is 9.84. The van der Waals surface area contributed by atoms with E-state index >= 15 is 0 Å². The molecule has 2 aliphatic heterocycles. The molecule has 2 aliphatic rings. The molecule has 0 unspecified atom stereocenters. The first-order chi connectivity index (χ1) is 11.1. The lowest BCUT2D eigenvalue weighted by Gasteiger charge is -2.45. The first-order valence-electron chi connectivity index (χ1n) is 8.26. The number of hydrogen-bond donors (Lipinski definition) is 0. The van der Waals surface area contributed by atoms with Crippen molar-refractivity contribution in [1.29, 1.82) is 0 Å². The number of hydrogen-bond acceptors (Lipinski definition) is 3. The van der Waals surface area contributed by atoms with Gasteiger partial charge in [-0.2, -0.15) is 0 Å². The quantitative estimate of drug-likeness (QED) is 0.851. The summed E-state index contributed by atoms with van der Waals surface area (Å²) < 4.78 is 4.94. The molecule has 5 heteroatoms. The maximum Gasteiger partial charge on any atom is 0.248 e. The van der Waals surface area contributed by atoms with Crippen molar-refractivity contribution in [2.24, 2.45) is 0 Å². The summed E-state index contributed by atoms with van der Waals surface area (Å²) in [6.07, 6.45) is 3.26. The van der Waals surface area contributed by atoms with Gasteiger partial charge in [0.15, 0.2) is 0 Å². The van der Waals surface area contributed by atoms with Gasteiger partial charge in [0.2, 0.25) is 11.8 Å². The molecule has 5 nitrogen and oxygen atoms in total. The van der Waals surface area contributed by atoms with Crippen LogP contribution in [0.2, 0.25) is 0 Å². The van der Waals surface area contributed by atoms with Crippen molar-refractivity contribution in [3.63, 3.8) is 0 Å². The topological polar surface area (TPSA) is 49.9 Å². The van der Waals surface area contributed by atoms with E-state index in [1.807, 2.05) is 23.1 Å². The molecule has 1 aromatic rings. The zero-order chi connectivity index (χ0) is 16.3. The summed E-state index contributed by atoms with van der Waals surface area (Å²) in [5, 5.41) is 0. The number of carbonyl (C=O) groups is 2. The zero-order valence-electron chi connectivity index (χ0n) is 13.7. The fourth-order valence-electron chi connectivity index (χ4n) is 3.80. The van der Waals surface area contributed by atoms with E-state index in [9.17, 15) is 9.59 Å². The van der Waals surface area contributed by atoms with Crippen molar-refractivity contribution in [1.82, 2.24) is 9.80 Å². The summed E-state index contributed by atoms with van der Waals surface area (Å²) in [7, 11) is 1.54. The largest absolute Gasteiger partial charge is 0.375 e. The minimum Gasteiger partial charge on any atom is -0.375 e. The van der Waals surface area contributed by atoms with Gasteiger partial charge in [-0.1, -0.05) is 30.3 Å². The second-order valence-electron chi connectivity index (χ2n) is 6.50. The van der Waals surface area contributed by atoms with Gasteiger partial charge in [0.25, 0.3) is 0 Å². The van der Waals surface area contributed by atoms with Crippen molar-refractivity contribution >= 4 is 11.8 Å². The summed E-state index contributed by atoms with van der Waals surface area (Å²) in [4.78, 5) is 28.3. The van der Waals surface area contributed by atoms with Gasteiger partial charge in [0, 0.05) is 38.7 Å². The van der Waals surface area contributed by atoms with E-state index in [0.717, 1.165) is 19.3 Å². The molecule has 124 valence electrons. The maximum atomic E-state index is 12.4. The number of likely N-dealkylation sites (tertiary alicyclic amines) is 2. The first-order valence-corrected chi connectivity index (χ1v) is 8.26. The van der Waals surface area contributed by atoms with Gasteiger partial charge in [-0.25, -0.2) is 0 Å². The number of nitrogens with zero attached hydrogens (tertiary/aromatic N) is 2. The van der Waals surface area contributed by atoms with Gasteiger partial charge in [-0.05, 0) is 24.8 Å². The van der Waals surface area contributed by atoms with Crippen LogP contribution in [0.1, 0.15) is 31.2 Å². The number of benzene rings is 1. The highest BCUT2D eigenvalue weighted by Crippen LogP contribution is 2.40. The molecule has 0 saturated carbocycles. The van der Waals surface area contributed by atoms with Crippen LogP contribution in [0.25, 0.3) is 0 Å². The average molecular weight is 316 g/mol. The molecule has 0 bridgehead atoms. The molecule has 1 spiro atoms. The van der Waals surface area contributed by atoms with Crippen molar-refractivity contribution in [2.45, 2.75) is 37.8 Å². The van der Waals surface area contributed by atoms with Crippen LogP contribution >= 0.6 is 0 Å². The van der Waals surface area contributed by atoms with Crippen LogP contribution in [-0.4, -0.2) is 54.0 Å². The molecule has 2 heterocycles. The average Bonchev–Trinajstić information content (AvgIpc) is 2.86. The van der Waals surface area contributed by atoms with Gasteiger partial charge in [0.05, 0.1) is 0 Å². The number of ether oxygens (including phenoxy) is 1. The van der Waals surface area contributed by atoms with E-state index in [2.05, 4.69) is 17.0 Å². The molecule has 23 heavy (non-hydrogen) atoms. The van der Waals surface area contributed by atoms with Crippen molar-refractivity contribution in [3.8, 4) is 0 Å². The van der Waals surface area contributed by atoms with Crippen molar-refractivity contribution < 1.29 is 14.3 Å².